The zero-order valence-corrected chi connectivity index (χ0v) is 12.1. The van der Waals surface area contributed by atoms with Crippen molar-refractivity contribution in [3.05, 3.63) is 39.9 Å². The number of non-ortho nitro benzene ring substituents is 1. The fourth-order valence-electron chi connectivity index (χ4n) is 2.69. The van der Waals surface area contributed by atoms with Crippen molar-refractivity contribution >= 4 is 22.9 Å². The van der Waals surface area contributed by atoms with E-state index in [9.17, 15) is 10.1 Å². The minimum Gasteiger partial charge on any atom is -0.392 e. The monoisotopic (exact) mass is 293 g/mol. The molecule has 1 aliphatic rings. The predicted molar refractivity (Wildman–Crippen MR) is 82.7 cm³/mol. The molecule has 1 aliphatic heterocycles. The lowest BCUT2D eigenvalue weighted by Gasteiger charge is -2.30. The fraction of sp³-hybridized carbons (Fsp3) is 0.500. The number of hydrogen-bond acceptors (Lipinski definition) is 4. The van der Waals surface area contributed by atoms with Crippen LogP contribution in [0.4, 0.5) is 5.69 Å². The summed E-state index contributed by atoms with van der Waals surface area (Å²) in [7, 11) is 0. The number of nitro benzene ring substituents is 1. The molecule has 0 radical (unpaired) electrons. The molecule has 0 amide bonds. The van der Waals surface area contributed by atoms with E-state index < -0.39 is 4.92 Å². The largest absolute Gasteiger partial charge is 0.392 e. The molecule has 0 aliphatic carbocycles. The maximum absolute atomic E-state index is 10.7. The minimum absolute atomic E-state index is 0.0892. The third-order valence-electron chi connectivity index (χ3n) is 3.69. The molecule has 1 aromatic carbocycles. The van der Waals surface area contributed by atoms with Crippen molar-refractivity contribution < 1.29 is 4.92 Å². The second kappa shape index (κ2) is 6.76. The highest BCUT2D eigenvalue weighted by Crippen LogP contribution is 2.26. The Kier molecular flexibility index (Phi) is 5.03. The van der Waals surface area contributed by atoms with Crippen molar-refractivity contribution in [1.29, 1.82) is 0 Å². The summed E-state index contributed by atoms with van der Waals surface area (Å²) in [4.78, 5) is 13.0. The molecule has 0 aromatic heterocycles. The van der Waals surface area contributed by atoms with Gasteiger partial charge in [0.2, 0.25) is 0 Å². The first kappa shape index (κ1) is 14.9. The van der Waals surface area contributed by atoms with Gasteiger partial charge in [0.15, 0.2) is 0 Å². The Bertz CT molecular complexity index is 482. The van der Waals surface area contributed by atoms with Gasteiger partial charge in [0, 0.05) is 12.1 Å². The number of likely N-dealkylation sites (tertiary alicyclic amines) is 1. The maximum atomic E-state index is 10.7. The van der Waals surface area contributed by atoms with E-state index >= 15 is 0 Å². The van der Waals surface area contributed by atoms with E-state index in [0.29, 0.717) is 4.99 Å². The van der Waals surface area contributed by atoms with E-state index in [1.165, 1.54) is 25.0 Å². The molecule has 5 nitrogen and oxygen atoms in total. The molecule has 6 heteroatoms. The number of nitrogens with two attached hydrogens (primary N) is 1. The maximum Gasteiger partial charge on any atom is 0.269 e. The van der Waals surface area contributed by atoms with Crippen LogP contribution in [0.1, 0.15) is 37.3 Å². The molecule has 1 unspecified atom stereocenters. The van der Waals surface area contributed by atoms with Crippen molar-refractivity contribution in [2.45, 2.75) is 31.7 Å². The van der Waals surface area contributed by atoms with E-state index in [4.69, 9.17) is 18.0 Å². The van der Waals surface area contributed by atoms with Crippen LogP contribution in [0.5, 0.6) is 0 Å². The van der Waals surface area contributed by atoms with E-state index in [1.54, 1.807) is 12.1 Å². The van der Waals surface area contributed by atoms with Crippen LogP contribution in [-0.4, -0.2) is 27.9 Å². The van der Waals surface area contributed by atoms with Gasteiger partial charge in [0.25, 0.3) is 5.69 Å². The second-order valence-electron chi connectivity index (χ2n) is 5.10. The second-order valence-corrected chi connectivity index (χ2v) is 5.58. The van der Waals surface area contributed by atoms with Crippen molar-refractivity contribution in [1.82, 2.24) is 4.90 Å². The van der Waals surface area contributed by atoms with E-state index in [1.807, 2.05) is 0 Å². The number of nitrogens with zero attached hydrogens (tertiary/aromatic N) is 2. The molecule has 2 rings (SSSR count). The molecule has 1 fully saturated rings. The molecule has 108 valence electrons. The molecule has 1 saturated heterocycles. The number of rotatable bonds is 4. The number of benzene rings is 1. The van der Waals surface area contributed by atoms with Gasteiger partial charge in [-0.15, -0.1) is 0 Å². The first-order valence-electron chi connectivity index (χ1n) is 6.87. The third kappa shape index (κ3) is 3.52. The lowest BCUT2D eigenvalue weighted by molar-refractivity contribution is -0.384. The zero-order chi connectivity index (χ0) is 14.5. The SMILES string of the molecule is NC(=S)C(c1ccc([N+](=O)[O-])cc1)N1CCCCCC1. The molecule has 0 bridgehead atoms. The molecule has 1 atom stereocenters. The van der Waals surface area contributed by atoms with Crippen LogP contribution in [0.25, 0.3) is 0 Å². The first-order chi connectivity index (χ1) is 9.59. The average Bonchev–Trinajstić information content (AvgIpc) is 2.68. The summed E-state index contributed by atoms with van der Waals surface area (Å²) in [6, 6.07) is 6.42. The highest BCUT2D eigenvalue weighted by molar-refractivity contribution is 7.80. The van der Waals surface area contributed by atoms with Gasteiger partial charge in [-0.2, -0.15) is 0 Å². The van der Waals surface area contributed by atoms with Crippen molar-refractivity contribution in [2.75, 3.05) is 13.1 Å². The fourth-order valence-corrected chi connectivity index (χ4v) is 2.97. The van der Waals surface area contributed by atoms with Gasteiger partial charge in [0.05, 0.1) is 16.0 Å². The van der Waals surface area contributed by atoms with Crippen LogP contribution in [0, 0.1) is 10.1 Å². The molecule has 0 spiro atoms. The third-order valence-corrected chi connectivity index (χ3v) is 3.92. The predicted octanol–water partition coefficient (Wildman–Crippen LogP) is 2.80. The van der Waals surface area contributed by atoms with Crippen molar-refractivity contribution in [3.8, 4) is 0 Å². The van der Waals surface area contributed by atoms with Gasteiger partial charge in [-0.1, -0.05) is 37.2 Å². The van der Waals surface area contributed by atoms with Crippen molar-refractivity contribution in [3.63, 3.8) is 0 Å². The van der Waals surface area contributed by atoms with E-state index in [0.717, 1.165) is 31.5 Å². The number of thiocarbonyl (C=S) groups is 1. The van der Waals surface area contributed by atoms with Crippen LogP contribution in [0.2, 0.25) is 0 Å². The quantitative estimate of drug-likeness (QED) is 0.525. The Morgan fingerprint density at radius 3 is 2.20 bits per heavy atom. The Labute approximate surface area is 123 Å². The van der Waals surface area contributed by atoms with E-state index in [2.05, 4.69) is 4.90 Å². The Hall–Kier alpha value is -1.53. The van der Waals surface area contributed by atoms with Gasteiger partial charge >= 0.3 is 0 Å². The van der Waals surface area contributed by atoms with Gasteiger partial charge < -0.3 is 5.73 Å². The Balaban J connectivity index is 2.23. The van der Waals surface area contributed by atoms with Gasteiger partial charge in [-0.05, 0) is 31.5 Å². The smallest absolute Gasteiger partial charge is 0.269 e. The number of hydrogen-bond donors (Lipinski definition) is 1. The van der Waals surface area contributed by atoms with Crippen molar-refractivity contribution in [2.24, 2.45) is 5.73 Å². The molecule has 1 aromatic rings. The van der Waals surface area contributed by atoms with Crippen LogP contribution < -0.4 is 5.73 Å². The van der Waals surface area contributed by atoms with E-state index in [-0.39, 0.29) is 11.7 Å². The van der Waals surface area contributed by atoms with Crippen LogP contribution in [0.15, 0.2) is 24.3 Å². The highest BCUT2D eigenvalue weighted by atomic mass is 32.1. The van der Waals surface area contributed by atoms with Crippen LogP contribution in [0.3, 0.4) is 0 Å². The summed E-state index contributed by atoms with van der Waals surface area (Å²) >= 11 is 5.21. The zero-order valence-electron chi connectivity index (χ0n) is 11.3. The van der Waals surface area contributed by atoms with Gasteiger partial charge in [0.1, 0.15) is 0 Å². The number of nitro groups is 1. The summed E-state index contributed by atoms with van der Waals surface area (Å²) in [5.41, 5.74) is 6.93. The summed E-state index contributed by atoms with van der Waals surface area (Å²) in [5.74, 6) is 0. The van der Waals surface area contributed by atoms with Crippen LogP contribution in [-0.2, 0) is 0 Å². The summed E-state index contributed by atoms with van der Waals surface area (Å²) in [5, 5.41) is 10.7. The highest BCUT2D eigenvalue weighted by Gasteiger charge is 2.24. The summed E-state index contributed by atoms with van der Waals surface area (Å²) in [6.07, 6.45) is 4.76. The lowest BCUT2D eigenvalue weighted by Crippen LogP contribution is -2.37. The van der Waals surface area contributed by atoms with Gasteiger partial charge in [-0.3, -0.25) is 15.0 Å². The average molecular weight is 293 g/mol. The normalized spacial score (nSPS) is 18.2. The standard InChI is InChI=1S/C14H19N3O2S/c15-14(20)13(16-9-3-1-2-4-10-16)11-5-7-12(8-6-11)17(18)19/h5-8,13H,1-4,9-10H2,(H2,15,20). The topological polar surface area (TPSA) is 72.4 Å². The Morgan fingerprint density at radius 2 is 1.75 bits per heavy atom. The molecular formula is C14H19N3O2S. The minimum atomic E-state index is -0.397. The summed E-state index contributed by atoms with van der Waals surface area (Å²) in [6.45, 7) is 1.94. The van der Waals surface area contributed by atoms with Gasteiger partial charge in [-0.25, -0.2) is 0 Å². The van der Waals surface area contributed by atoms with Crippen LogP contribution >= 0.6 is 12.2 Å². The Morgan fingerprint density at radius 1 is 1.20 bits per heavy atom. The lowest BCUT2D eigenvalue weighted by atomic mass is 10.0. The first-order valence-corrected chi connectivity index (χ1v) is 7.28. The molecule has 1 heterocycles. The summed E-state index contributed by atoms with van der Waals surface area (Å²) < 4.78 is 0. The molecule has 0 saturated carbocycles. The molecular weight excluding hydrogens is 274 g/mol. The molecule has 2 N–H and O–H groups in total. The molecule has 20 heavy (non-hydrogen) atoms.